The molecule has 1 aromatic carbocycles. The van der Waals surface area contributed by atoms with Crippen LogP contribution in [0.4, 0.5) is 0 Å². The van der Waals surface area contributed by atoms with Crippen molar-refractivity contribution in [3.8, 4) is 5.75 Å². The summed E-state index contributed by atoms with van der Waals surface area (Å²) in [6.07, 6.45) is 9.30. The highest BCUT2D eigenvalue weighted by Crippen LogP contribution is 2.21. The Morgan fingerprint density at radius 2 is 1.67 bits per heavy atom. The van der Waals surface area contributed by atoms with Crippen LogP contribution < -0.4 is 4.74 Å². The third kappa shape index (κ3) is 8.08. The Morgan fingerprint density at radius 1 is 1.00 bits per heavy atom. The number of unbranched alkanes of at least 4 members (excludes halogenated alkanes) is 6. The molecular formula is C18H30O3. The van der Waals surface area contributed by atoms with Gasteiger partial charge in [0.25, 0.3) is 0 Å². The molecular weight excluding hydrogens is 264 g/mol. The van der Waals surface area contributed by atoms with Crippen LogP contribution in [0.3, 0.4) is 0 Å². The lowest BCUT2D eigenvalue weighted by atomic mass is 10.0. The van der Waals surface area contributed by atoms with Gasteiger partial charge in [0.15, 0.2) is 0 Å². The molecule has 0 heterocycles. The monoisotopic (exact) mass is 294 g/mol. The summed E-state index contributed by atoms with van der Waals surface area (Å²) in [5.74, 6) is 0.830. The van der Waals surface area contributed by atoms with Gasteiger partial charge in [-0.05, 0) is 24.5 Å². The zero-order valence-corrected chi connectivity index (χ0v) is 13.3. The van der Waals surface area contributed by atoms with E-state index in [9.17, 15) is 5.11 Å². The maximum absolute atomic E-state index is 9.35. The number of para-hydroxylation sites is 1. The minimum absolute atomic E-state index is 0.143. The highest BCUT2D eigenvalue weighted by molar-refractivity contribution is 5.33. The summed E-state index contributed by atoms with van der Waals surface area (Å²) in [5.41, 5.74) is 1.19. The van der Waals surface area contributed by atoms with E-state index in [1.54, 1.807) is 0 Å². The minimum Gasteiger partial charge on any atom is -0.491 e. The second-order valence-electron chi connectivity index (χ2n) is 5.63. The van der Waals surface area contributed by atoms with E-state index in [0.717, 1.165) is 12.2 Å². The van der Waals surface area contributed by atoms with E-state index in [-0.39, 0.29) is 13.2 Å². The topological polar surface area (TPSA) is 49.7 Å². The third-order valence-electron chi connectivity index (χ3n) is 3.66. The summed E-state index contributed by atoms with van der Waals surface area (Å²) < 4.78 is 5.59. The van der Waals surface area contributed by atoms with Gasteiger partial charge in [-0.15, -0.1) is 0 Å². The lowest BCUT2D eigenvalue weighted by Gasteiger charge is -2.13. The zero-order valence-electron chi connectivity index (χ0n) is 13.3. The smallest absolute Gasteiger partial charge is 0.122 e. The number of hydrogen-bond donors (Lipinski definition) is 2. The number of ether oxygens (including phenoxy) is 1. The highest BCUT2D eigenvalue weighted by atomic mass is 16.5. The summed E-state index contributed by atoms with van der Waals surface area (Å²) in [7, 11) is 0. The maximum atomic E-state index is 9.35. The Labute approximate surface area is 129 Å². The summed E-state index contributed by atoms with van der Waals surface area (Å²) in [6, 6.07) is 7.97. The normalized spacial score (nSPS) is 12.3. The number of benzene rings is 1. The molecule has 0 saturated carbocycles. The van der Waals surface area contributed by atoms with Crippen molar-refractivity contribution in [2.24, 2.45) is 0 Å². The lowest BCUT2D eigenvalue weighted by Crippen LogP contribution is -2.21. The fraction of sp³-hybridized carbons (Fsp3) is 0.667. The molecule has 1 atom stereocenters. The van der Waals surface area contributed by atoms with E-state index in [2.05, 4.69) is 13.0 Å². The number of aliphatic hydroxyl groups excluding tert-OH is 2. The molecule has 0 aromatic heterocycles. The third-order valence-corrected chi connectivity index (χ3v) is 3.66. The quantitative estimate of drug-likeness (QED) is 0.578. The molecule has 0 spiro atoms. The van der Waals surface area contributed by atoms with E-state index in [4.69, 9.17) is 9.84 Å². The molecule has 0 aliphatic heterocycles. The van der Waals surface area contributed by atoms with Gasteiger partial charge in [-0.3, -0.25) is 0 Å². The van der Waals surface area contributed by atoms with E-state index in [1.807, 2.05) is 18.2 Å². The second kappa shape index (κ2) is 11.6. The molecule has 2 N–H and O–H groups in total. The van der Waals surface area contributed by atoms with Crippen molar-refractivity contribution >= 4 is 0 Å². The van der Waals surface area contributed by atoms with E-state index >= 15 is 0 Å². The van der Waals surface area contributed by atoms with Crippen molar-refractivity contribution in [1.82, 2.24) is 0 Å². The summed E-state index contributed by atoms with van der Waals surface area (Å²) in [4.78, 5) is 0. The number of hydrogen-bond acceptors (Lipinski definition) is 3. The summed E-state index contributed by atoms with van der Waals surface area (Å²) >= 11 is 0. The fourth-order valence-corrected chi connectivity index (χ4v) is 2.36. The van der Waals surface area contributed by atoms with Crippen LogP contribution in [0, 0.1) is 0 Å². The van der Waals surface area contributed by atoms with E-state index in [1.165, 1.54) is 50.5 Å². The van der Waals surface area contributed by atoms with Gasteiger partial charge in [-0.25, -0.2) is 0 Å². The van der Waals surface area contributed by atoms with Gasteiger partial charge in [-0.1, -0.05) is 63.6 Å². The lowest BCUT2D eigenvalue weighted by molar-refractivity contribution is 0.0533. The number of aliphatic hydroxyl groups is 2. The zero-order chi connectivity index (χ0) is 15.3. The first-order valence-electron chi connectivity index (χ1n) is 8.27. The number of rotatable bonds is 12. The first kappa shape index (κ1) is 18.0. The first-order valence-corrected chi connectivity index (χ1v) is 8.27. The summed E-state index contributed by atoms with van der Waals surface area (Å²) in [6.45, 7) is 2.12. The van der Waals surface area contributed by atoms with Crippen molar-refractivity contribution in [1.29, 1.82) is 0 Å². The Bertz CT molecular complexity index is 365. The predicted molar refractivity (Wildman–Crippen MR) is 86.7 cm³/mol. The molecule has 21 heavy (non-hydrogen) atoms. The standard InChI is InChI=1S/C18H30O3/c1-2-3-4-5-6-7-8-11-16-12-9-10-13-18(16)21-15-17(20)14-19/h9-10,12-13,17,19-20H,2-8,11,14-15H2,1H3. The van der Waals surface area contributed by atoms with Gasteiger partial charge < -0.3 is 14.9 Å². The van der Waals surface area contributed by atoms with Crippen LogP contribution in [0.15, 0.2) is 24.3 Å². The molecule has 1 rings (SSSR count). The van der Waals surface area contributed by atoms with E-state index < -0.39 is 6.10 Å². The van der Waals surface area contributed by atoms with Gasteiger partial charge in [0, 0.05) is 0 Å². The van der Waals surface area contributed by atoms with Crippen LogP contribution in [-0.2, 0) is 6.42 Å². The SMILES string of the molecule is CCCCCCCCCc1ccccc1OCC(O)CO. The molecule has 0 radical (unpaired) electrons. The van der Waals surface area contributed by atoms with Crippen molar-refractivity contribution in [3.05, 3.63) is 29.8 Å². The molecule has 120 valence electrons. The molecule has 0 bridgehead atoms. The molecule has 1 unspecified atom stereocenters. The average Bonchev–Trinajstić information content (AvgIpc) is 2.52. The Hall–Kier alpha value is -1.06. The average molecular weight is 294 g/mol. The Kier molecular flexibility index (Phi) is 9.92. The molecule has 0 aliphatic carbocycles. The summed E-state index contributed by atoms with van der Waals surface area (Å²) in [5, 5.41) is 18.2. The Morgan fingerprint density at radius 3 is 2.38 bits per heavy atom. The minimum atomic E-state index is -0.809. The van der Waals surface area contributed by atoms with Gasteiger partial charge in [0.2, 0.25) is 0 Å². The van der Waals surface area contributed by atoms with Gasteiger partial charge in [-0.2, -0.15) is 0 Å². The van der Waals surface area contributed by atoms with E-state index in [0.29, 0.717) is 0 Å². The first-order chi connectivity index (χ1) is 10.3. The molecule has 3 heteroatoms. The van der Waals surface area contributed by atoms with Gasteiger partial charge >= 0.3 is 0 Å². The molecule has 0 aliphatic rings. The van der Waals surface area contributed by atoms with Crippen LogP contribution in [0.25, 0.3) is 0 Å². The van der Waals surface area contributed by atoms with Crippen molar-refractivity contribution < 1.29 is 14.9 Å². The largest absolute Gasteiger partial charge is 0.491 e. The predicted octanol–water partition coefficient (Wildman–Crippen LogP) is 3.71. The molecule has 0 fully saturated rings. The van der Waals surface area contributed by atoms with Crippen molar-refractivity contribution in [2.75, 3.05) is 13.2 Å². The molecule has 3 nitrogen and oxygen atoms in total. The van der Waals surface area contributed by atoms with Gasteiger partial charge in [0.05, 0.1) is 6.61 Å². The number of aryl methyl sites for hydroxylation is 1. The van der Waals surface area contributed by atoms with Crippen LogP contribution in [-0.4, -0.2) is 29.5 Å². The van der Waals surface area contributed by atoms with Crippen molar-refractivity contribution in [2.45, 2.75) is 64.4 Å². The fourth-order valence-electron chi connectivity index (χ4n) is 2.36. The van der Waals surface area contributed by atoms with Crippen molar-refractivity contribution in [3.63, 3.8) is 0 Å². The highest BCUT2D eigenvalue weighted by Gasteiger charge is 2.06. The molecule has 0 amide bonds. The molecule has 0 saturated heterocycles. The van der Waals surface area contributed by atoms with Crippen LogP contribution in [0.1, 0.15) is 57.4 Å². The maximum Gasteiger partial charge on any atom is 0.122 e. The molecule has 1 aromatic rings. The van der Waals surface area contributed by atoms with Crippen LogP contribution in [0.2, 0.25) is 0 Å². The van der Waals surface area contributed by atoms with Crippen LogP contribution in [0.5, 0.6) is 5.75 Å². The van der Waals surface area contributed by atoms with Gasteiger partial charge in [0.1, 0.15) is 18.5 Å². The second-order valence-corrected chi connectivity index (χ2v) is 5.63. The van der Waals surface area contributed by atoms with Crippen LogP contribution >= 0.6 is 0 Å². The Balaban J connectivity index is 2.27.